The number of carboxylic acid groups (broad SMARTS) is 1. The Morgan fingerprint density at radius 1 is 1.48 bits per heavy atom. The summed E-state index contributed by atoms with van der Waals surface area (Å²) in [7, 11) is 0. The molecule has 114 valence electrons. The van der Waals surface area contributed by atoms with E-state index in [4.69, 9.17) is 9.84 Å². The molecular weight excluding hydrogens is 278 g/mol. The Morgan fingerprint density at radius 3 is 2.76 bits per heavy atom. The lowest BCUT2D eigenvalue weighted by Crippen LogP contribution is -2.34. The number of nitrogens with zero attached hydrogens (tertiary/aromatic N) is 1. The van der Waals surface area contributed by atoms with E-state index in [9.17, 15) is 14.4 Å². The largest absolute Gasteiger partial charge is 0.480 e. The van der Waals surface area contributed by atoms with E-state index in [1.54, 1.807) is 6.92 Å². The smallest absolute Gasteiger partial charge is 0.329 e. The zero-order chi connectivity index (χ0) is 15.4. The van der Waals surface area contributed by atoms with Gasteiger partial charge in [0.1, 0.15) is 18.0 Å². The quantitative estimate of drug-likeness (QED) is 0.598. The molecular formula is C13H17N3O5. The number of carboxylic acids is 1. The number of rotatable bonds is 7. The van der Waals surface area contributed by atoms with Crippen LogP contribution in [-0.4, -0.2) is 46.7 Å². The Morgan fingerprint density at radius 2 is 2.19 bits per heavy atom. The number of amides is 1. The van der Waals surface area contributed by atoms with E-state index in [-0.39, 0.29) is 18.7 Å². The van der Waals surface area contributed by atoms with Crippen molar-refractivity contribution in [3.05, 3.63) is 27.4 Å². The predicted molar refractivity (Wildman–Crippen MR) is 72.4 cm³/mol. The molecule has 1 amide bonds. The highest BCUT2D eigenvalue weighted by Gasteiger charge is 2.27. The summed E-state index contributed by atoms with van der Waals surface area (Å²) in [6.07, 6.45) is 2.02. The fourth-order valence-electron chi connectivity index (χ4n) is 1.91. The zero-order valence-electron chi connectivity index (χ0n) is 11.6. The fraction of sp³-hybridized carbons (Fsp3) is 0.538. The average Bonchev–Trinajstić information content (AvgIpc) is 3.21. The molecule has 0 spiro atoms. The number of nitrogens with one attached hydrogen (secondary N) is 2. The van der Waals surface area contributed by atoms with Crippen molar-refractivity contribution in [2.75, 3.05) is 19.8 Å². The minimum absolute atomic E-state index is 0.0161. The minimum atomic E-state index is -1.08. The molecule has 1 aliphatic rings. The maximum absolute atomic E-state index is 11.9. The number of carbonyl (C=O) groups is 2. The van der Waals surface area contributed by atoms with Crippen LogP contribution in [0.1, 0.15) is 40.6 Å². The number of aliphatic carboxylic acids is 1. The lowest BCUT2D eigenvalue weighted by atomic mass is 10.2. The highest BCUT2D eigenvalue weighted by Crippen LogP contribution is 2.37. The Bertz CT molecular complexity index is 606. The number of carbonyl (C=O) groups excluding carboxylic acids is 1. The molecule has 0 radical (unpaired) electrons. The van der Waals surface area contributed by atoms with Gasteiger partial charge in [-0.05, 0) is 19.8 Å². The van der Waals surface area contributed by atoms with Crippen molar-refractivity contribution in [3.8, 4) is 0 Å². The summed E-state index contributed by atoms with van der Waals surface area (Å²) in [6, 6.07) is 0. The first kappa shape index (κ1) is 15.2. The first-order chi connectivity index (χ1) is 9.99. The third-order valence-electron chi connectivity index (χ3n) is 3.07. The second-order valence-corrected chi connectivity index (χ2v) is 4.89. The SMILES string of the molecule is Cc1nc(C2CC2)[nH]c(=O)c1C(=O)NCCOCC(=O)O. The fourth-order valence-corrected chi connectivity index (χ4v) is 1.91. The van der Waals surface area contributed by atoms with E-state index in [2.05, 4.69) is 15.3 Å². The number of aryl methyl sites for hydroxylation is 1. The van der Waals surface area contributed by atoms with Crippen molar-refractivity contribution >= 4 is 11.9 Å². The molecule has 1 saturated carbocycles. The summed E-state index contributed by atoms with van der Waals surface area (Å²) < 4.78 is 4.78. The average molecular weight is 295 g/mol. The van der Waals surface area contributed by atoms with Gasteiger partial charge in [-0.15, -0.1) is 0 Å². The Kier molecular flexibility index (Phi) is 4.69. The van der Waals surface area contributed by atoms with E-state index in [1.165, 1.54) is 0 Å². The van der Waals surface area contributed by atoms with Crippen molar-refractivity contribution in [1.29, 1.82) is 0 Å². The number of hydrogen-bond donors (Lipinski definition) is 3. The molecule has 1 heterocycles. The van der Waals surface area contributed by atoms with Gasteiger partial charge < -0.3 is 20.1 Å². The molecule has 0 aliphatic heterocycles. The van der Waals surface area contributed by atoms with E-state index < -0.39 is 24.0 Å². The second kappa shape index (κ2) is 6.49. The van der Waals surface area contributed by atoms with Gasteiger partial charge in [0, 0.05) is 12.5 Å². The molecule has 1 aliphatic carbocycles. The van der Waals surface area contributed by atoms with Crippen LogP contribution in [0.3, 0.4) is 0 Å². The van der Waals surface area contributed by atoms with E-state index in [1.807, 2.05) is 0 Å². The van der Waals surface area contributed by atoms with Gasteiger partial charge in [0.25, 0.3) is 11.5 Å². The lowest BCUT2D eigenvalue weighted by molar-refractivity contribution is -0.142. The molecule has 0 bridgehead atoms. The molecule has 8 heteroatoms. The monoisotopic (exact) mass is 295 g/mol. The minimum Gasteiger partial charge on any atom is -0.480 e. The summed E-state index contributed by atoms with van der Waals surface area (Å²) in [5.74, 6) is -0.673. The summed E-state index contributed by atoms with van der Waals surface area (Å²) in [6.45, 7) is 1.38. The molecule has 1 aromatic rings. The van der Waals surface area contributed by atoms with Crippen LogP contribution >= 0.6 is 0 Å². The number of ether oxygens (including phenoxy) is 1. The summed E-state index contributed by atoms with van der Waals surface area (Å²) >= 11 is 0. The first-order valence-corrected chi connectivity index (χ1v) is 6.67. The lowest BCUT2D eigenvalue weighted by Gasteiger charge is -2.08. The highest BCUT2D eigenvalue weighted by molar-refractivity contribution is 5.94. The van der Waals surface area contributed by atoms with Gasteiger partial charge in [-0.2, -0.15) is 0 Å². The maximum atomic E-state index is 11.9. The standard InChI is InChI=1S/C13H17N3O5/c1-7-10(12(19)14-4-5-21-6-9(17)18)13(20)16-11(15-7)8-2-3-8/h8H,2-6H2,1H3,(H,14,19)(H,17,18)(H,15,16,20). The van der Waals surface area contributed by atoms with Crippen molar-refractivity contribution in [2.24, 2.45) is 0 Å². The van der Waals surface area contributed by atoms with Crippen LogP contribution in [0.2, 0.25) is 0 Å². The Labute approximate surface area is 120 Å². The van der Waals surface area contributed by atoms with Crippen molar-refractivity contribution < 1.29 is 19.4 Å². The van der Waals surface area contributed by atoms with Gasteiger partial charge in [0.15, 0.2) is 0 Å². The maximum Gasteiger partial charge on any atom is 0.329 e. The van der Waals surface area contributed by atoms with Crippen LogP contribution in [0.25, 0.3) is 0 Å². The molecule has 0 aromatic carbocycles. The van der Waals surface area contributed by atoms with Gasteiger partial charge >= 0.3 is 5.97 Å². The molecule has 0 saturated heterocycles. The van der Waals surface area contributed by atoms with Gasteiger partial charge in [-0.25, -0.2) is 9.78 Å². The van der Waals surface area contributed by atoms with E-state index >= 15 is 0 Å². The Balaban J connectivity index is 1.93. The molecule has 0 unspecified atom stereocenters. The zero-order valence-corrected chi connectivity index (χ0v) is 11.6. The van der Waals surface area contributed by atoms with Crippen molar-refractivity contribution in [2.45, 2.75) is 25.7 Å². The number of hydrogen-bond acceptors (Lipinski definition) is 5. The van der Waals surface area contributed by atoms with Crippen LogP contribution < -0.4 is 10.9 Å². The third-order valence-corrected chi connectivity index (χ3v) is 3.07. The molecule has 0 atom stereocenters. The van der Waals surface area contributed by atoms with Gasteiger partial charge in [0.05, 0.1) is 12.3 Å². The molecule has 2 rings (SSSR count). The van der Waals surface area contributed by atoms with Crippen LogP contribution in [0.15, 0.2) is 4.79 Å². The highest BCUT2D eigenvalue weighted by atomic mass is 16.5. The van der Waals surface area contributed by atoms with Crippen LogP contribution in [0.4, 0.5) is 0 Å². The summed E-state index contributed by atoms with van der Waals surface area (Å²) in [5, 5.41) is 10.9. The molecule has 1 fully saturated rings. The molecule has 8 nitrogen and oxygen atoms in total. The Hall–Kier alpha value is -2.22. The van der Waals surface area contributed by atoms with E-state index in [0.717, 1.165) is 12.8 Å². The molecule has 3 N–H and O–H groups in total. The summed E-state index contributed by atoms with van der Waals surface area (Å²) in [4.78, 5) is 41.0. The van der Waals surface area contributed by atoms with E-state index in [0.29, 0.717) is 17.4 Å². The molecule has 1 aromatic heterocycles. The number of aromatic nitrogens is 2. The normalized spacial score (nSPS) is 14.0. The number of aromatic amines is 1. The predicted octanol–water partition coefficient (Wildman–Crippen LogP) is -0.213. The van der Waals surface area contributed by atoms with Crippen molar-refractivity contribution in [1.82, 2.24) is 15.3 Å². The first-order valence-electron chi connectivity index (χ1n) is 6.67. The van der Waals surface area contributed by atoms with Gasteiger partial charge in [-0.3, -0.25) is 9.59 Å². The van der Waals surface area contributed by atoms with Crippen molar-refractivity contribution in [3.63, 3.8) is 0 Å². The van der Waals surface area contributed by atoms with Crippen LogP contribution in [-0.2, 0) is 9.53 Å². The molecule has 21 heavy (non-hydrogen) atoms. The second-order valence-electron chi connectivity index (χ2n) is 4.89. The summed E-state index contributed by atoms with van der Waals surface area (Å²) in [5.41, 5.74) is -0.0735. The number of H-pyrrole nitrogens is 1. The topological polar surface area (TPSA) is 121 Å². The van der Waals surface area contributed by atoms with Crippen LogP contribution in [0.5, 0.6) is 0 Å². The third kappa shape index (κ3) is 4.12. The van der Waals surface area contributed by atoms with Gasteiger partial charge in [-0.1, -0.05) is 0 Å². The van der Waals surface area contributed by atoms with Gasteiger partial charge in [0.2, 0.25) is 0 Å². The van der Waals surface area contributed by atoms with Crippen LogP contribution in [0, 0.1) is 6.92 Å².